The number of carbonyl (C=O) groups is 1. The third-order valence-electron chi connectivity index (χ3n) is 3.17. The van der Waals surface area contributed by atoms with Gasteiger partial charge in [-0.3, -0.25) is 4.79 Å². The summed E-state index contributed by atoms with van der Waals surface area (Å²) in [6.45, 7) is 0. The van der Waals surface area contributed by atoms with Gasteiger partial charge < -0.3 is 8.92 Å². The number of hydrogen-bond acceptors (Lipinski definition) is 5. The molecule has 0 aliphatic carbocycles. The highest BCUT2D eigenvalue weighted by atomic mass is 32.2. The first-order chi connectivity index (χ1) is 11.6. The third-order valence-corrected chi connectivity index (χ3v) is 4.47. The summed E-state index contributed by atoms with van der Waals surface area (Å²) in [5.74, 6) is -0.661. The van der Waals surface area contributed by atoms with Crippen LogP contribution in [0.3, 0.4) is 0 Å². The first kappa shape index (κ1) is 18.8. The lowest BCUT2D eigenvalue weighted by Crippen LogP contribution is -2.17. The number of alkyl halides is 3. The molecule has 2 aromatic carbocycles. The molecule has 0 radical (unpaired) electrons. The zero-order valence-electron chi connectivity index (χ0n) is 12.9. The zero-order valence-corrected chi connectivity index (χ0v) is 13.7. The van der Waals surface area contributed by atoms with Gasteiger partial charge in [-0.15, -0.1) is 0 Å². The van der Waals surface area contributed by atoms with Crippen LogP contribution in [-0.2, 0) is 32.2 Å². The number of halogens is 3. The Morgan fingerprint density at radius 1 is 1.04 bits per heavy atom. The van der Waals surface area contributed by atoms with Gasteiger partial charge in [-0.05, 0) is 29.8 Å². The first-order valence-corrected chi connectivity index (χ1v) is 8.31. The fraction of sp³-hybridized carbons (Fsp3) is 0.188. The van der Waals surface area contributed by atoms with Crippen LogP contribution in [0.4, 0.5) is 13.2 Å². The van der Waals surface area contributed by atoms with E-state index in [0.29, 0.717) is 11.6 Å². The van der Waals surface area contributed by atoms with E-state index in [0.717, 1.165) is 12.1 Å². The monoisotopic (exact) mass is 374 g/mol. The lowest BCUT2D eigenvalue weighted by molar-refractivity contribution is -0.140. The molecule has 9 heteroatoms. The summed E-state index contributed by atoms with van der Waals surface area (Å²) in [5, 5.41) is 0. The average Bonchev–Trinajstić information content (AvgIpc) is 2.55. The van der Waals surface area contributed by atoms with Crippen molar-refractivity contribution in [2.24, 2.45) is 0 Å². The van der Waals surface area contributed by atoms with Gasteiger partial charge in [0.15, 0.2) is 0 Å². The second-order valence-electron chi connectivity index (χ2n) is 4.93. The Balaban J connectivity index is 2.27. The molecular weight excluding hydrogens is 361 g/mol. The number of carbonyl (C=O) groups excluding carboxylic acids is 1. The SMILES string of the molecule is COC(=O)Cc1ccc(OS(=O)(=O)c2ccccc2C(F)(F)F)cc1. The van der Waals surface area contributed by atoms with E-state index in [1.165, 1.54) is 37.4 Å². The van der Waals surface area contributed by atoms with Gasteiger partial charge in [-0.1, -0.05) is 24.3 Å². The predicted octanol–water partition coefficient (Wildman–Crippen LogP) is 3.19. The third kappa shape index (κ3) is 4.72. The molecule has 0 bridgehead atoms. The number of esters is 1. The molecule has 0 heterocycles. The van der Waals surface area contributed by atoms with Gasteiger partial charge in [0.05, 0.1) is 19.1 Å². The number of ether oxygens (including phenoxy) is 1. The van der Waals surface area contributed by atoms with Gasteiger partial charge in [0.2, 0.25) is 0 Å². The summed E-state index contributed by atoms with van der Waals surface area (Å²) < 4.78 is 72.5. The number of hydrogen-bond donors (Lipinski definition) is 0. The molecule has 0 aliphatic heterocycles. The van der Waals surface area contributed by atoms with Gasteiger partial charge >= 0.3 is 22.3 Å². The highest BCUT2D eigenvalue weighted by Crippen LogP contribution is 2.34. The molecular formula is C16H13F3O5S. The fourth-order valence-corrected chi connectivity index (χ4v) is 3.14. The van der Waals surface area contributed by atoms with Crippen LogP contribution in [0.1, 0.15) is 11.1 Å². The molecule has 0 atom stereocenters. The van der Waals surface area contributed by atoms with Crippen LogP contribution in [0, 0.1) is 0 Å². The lowest BCUT2D eigenvalue weighted by atomic mass is 10.1. The van der Waals surface area contributed by atoms with E-state index in [9.17, 15) is 26.4 Å². The standard InChI is InChI=1S/C16H13F3O5S/c1-23-15(20)10-11-6-8-12(9-7-11)24-25(21,22)14-5-3-2-4-13(14)16(17,18)19/h2-9H,10H2,1H3. The molecule has 0 N–H and O–H groups in total. The summed E-state index contributed by atoms with van der Waals surface area (Å²) in [6, 6.07) is 9.06. The Kier molecular flexibility index (Phi) is 5.36. The Labute approximate surface area is 142 Å². The van der Waals surface area contributed by atoms with Crippen molar-refractivity contribution in [1.29, 1.82) is 0 Å². The van der Waals surface area contributed by atoms with Crippen molar-refractivity contribution >= 4 is 16.1 Å². The Morgan fingerprint density at radius 2 is 1.64 bits per heavy atom. The van der Waals surface area contributed by atoms with Crippen molar-refractivity contribution in [2.45, 2.75) is 17.5 Å². The zero-order chi connectivity index (χ0) is 18.7. The minimum Gasteiger partial charge on any atom is -0.469 e. The summed E-state index contributed by atoms with van der Waals surface area (Å²) >= 11 is 0. The summed E-state index contributed by atoms with van der Waals surface area (Å²) in [5.41, 5.74) is -0.774. The second-order valence-corrected chi connectivity index (χ2v) is 6.44. The highest BCUT2D eigenvalue weighted by Gasteiger charge is 2.37. The van der Waals surface area contributed by atoms with Crippen molar-refractivity contribution in [1.82, 2.24) is 0 Å². The molecule has 0 fully saturated rings. The number of methoxy groups -OCH3 is 1. The van der Waals surface area contributed by atoms with Crippen LogP contribution in [0.5, 0.6) is 5.75 Å². The quantitative estimate of drug-likeness (QED) is 0.594. The van der Waals surface area contributed by atoms with Gasteiger partial charge in [-0.2, -0.15) is 21.6 Å². The topological polar surface area (TPSA) is 69.7 Å². The molecule has 0 amide bonds. The molecule has 134 valence electrons. The van der Waals surface area contributed by atoms with Crippen LogP contribution in [0.25, 0.3) is 0 Å². The van der Waals surface area contributed by atoms with E-state index in [2.05, 4.69) is 4.74 Å². The molecule has 0 spiro atoms. The molecule has 2 rings (SSSR count). The van der Waals surface area contributed by atoms with Crippen molar-refractivity contribution in [2.75, 3.05) is 7.11 Å². The smallest absolute Gasteiger partial charge is 0.417 e. The van der Waals surface area contributed by atoms with Gasteiger partial charge in [0, 0.05) is 0 Å². The largest absolute Gasteiger partial charge is 0.469 e. The van der Waals surface area contributed by atoms with Gasteiger partial charge in [0.25, 0.3) is 0 Å². The number of benzene rings is 2. The van der Waals surface area contributed by atoms with E-state index < -0.39 is 32.7 Å². The molecule has 0 aromatic heterocycles. The van der Waals surface area contributed by atoms with E-state index in [4.69, 9.17) is 4.18 Å². The van der Waals surface area contributed by atoms with Crippen LogP contribution in [-0.4, -0.2) is 21.5 Å². The van der Waals surface area contributed by atoms with Crippen LogP contribution in [0.15, 0.2) is 53.4 Å². The summed E-state index contributed by atoms with van der Waals surface area (Å²) in [7, 11) is -3.45. The first-order valence-electron chi connectivity index (χ1n) is 6.90. The van der Waals surface area contributed by atoms with E-state index in [1.54, 1.807) is 0 Å². The Morgan fingerprint density at radius 3 is 2.20 bits per heavy atom. The maximum absolute atomic E-state index is 13.0. The predicted molar refractivity (Wildman–Crippen MR) is 81.4 cm³/mol. The Bertz CT molecular complexity index is 858. The van der Waals surface area contributed by atoms with Crippen molar-refractivity contribution < 1.29 is 35.3 Å². The Hall–Kier alpha value is -2.55. The van der Waals surface area contributed by atoms with Gasteiger partial charge in [-0.25, -0.2) is 0 Å². The number of rotatable bonds is 5. The minimum atomic E-state index is -4.84. The molecule has 5 nitrogen and oxygen atoms in total. The summed E-state index contributed by atoms with van der Waals surface area (Å²) in [4.78, 5) is 10.2. The van der Waals surface area contributed by atoms with E-state index >= 15 is 0 Å². The molecule has 0 saturated heterocycles. The normalized spacial score (nSPS) is 11.8. The maximum atomic E-state index is 13.0. The fourth-order valence-electron chi connectivity index (χ4n) is 1.99. The van der Waals surface area contributed by atoms with Crippen molar-refractivity contribution in [3.63, 3.8) is 0 Å². The van der Waals surface area contributed by atoms with Gasteiger partial charge in [0.1, 0.15) is 10.6 Å². The van der Waals surface area contributed by atoms with Crippen molar-refractivity contribution in [3.8, 4) is 5.75 Å². The summed E-state index contributed by atoms with van der Waals surface area (Å²) in [6.07, 6.45) is -4.86. The maximum Gasteiger partial charge on any atom is 0.417 e. The molecule has 2 aromatic rings. The molecule has 0 saturated carbocycles. The van der Waals surface area contributed by atoms with Crippen LogP contribution >= 0.6 is 0 Å². The van der Waals surface area contributed by atoms with E-state index in [1.807, 2.05) is 0 Å². The van der Waals surface area contributed by atoms with Crippen molar-refractivity contribution in [3.05, 3.63) is 59.7 Å². The molecule has 0 aliphatic rings. The average molecular weight is 374 g/mol. The van der Waals surface area contributed by atoms with E-state index in [-0.39, 0.29) is 12.2 Å². The lowest BCUT2D eigenvalue weighted by Gasteiger charge is -2.13. The van der Waals surface area contributed by atoms with Crippen LogP contribution in [0.2, 0.25) is 0 Å². The molecule has 25 heavy (non-hydrogen) atoms. The molecule has 0 unspecified atom stereocenters. The minimum absolute atomic E-state index is 0.0273. The second kappa shape index (κ2) is 7.14. The van der Waals surface area contributed by atoms with Crippen LogP contribution < -0.4 is 4.18 Å². The highest BCUT2D eigenvalue weighted by molar-refractivity contribution is 7.87.